The van der Waals surface area contributed by atoms with Crippen molar-refractivity contribution >= 4 is 28.3 Å². The number of piperazine rings is 1. The van der Waals surface area contributed by atoms with E-state index in [1.807, 2.05) is 19.1 Å². The van der Waals surface area contributed by atoms with E-state index in [1.54, 1.807) is 6.20 Å². The molecule has 0 amide bonds. The Morgan fingerprint density at radius 1 is 1.25 bits per heavy atom. The molecule has 0 aromatic carbocycles. The summed E-state index contributed by atoms with van der Waals surface area (Å²) in [7, 11) is 0. The predicted molar refractivity (Wildman–Crippen MR) is 81.4 cm³/mol. The van der Waals surface area contributed by atoms with Crippen molar-refractivity contribution in [1.29, 1.82) is 0 Å². The van der Waals surface area contributed by atoms with Gasteiger partial charge in [-0.2, -0.15) is 4.37 Å². The molecule has 1 aliphatic rings. The van der Waals surface area contributed by atoms with E-state index < -0.39 is 0 Å². The Bertz CT molecular complexity index is 562. The number of aryl methyl sites for hydroxylation is 1. The highest BCUT2D eigenvalue weighted by Gasteiger charge is 2.19. The number of hydrogen-bond donors (Lipinski definition) is 0. The van der Waals surface area contributed by atoms with Gasteiger partial charge in [-0.05, 0) is 19.1 Å². The zero-order valence-electron chi connectivity index (χ0n) is 11.3. The van der Waals surface area contributed by atoms with Crippen LogP contribution in [0.1, 0.15) is 11.5 Å². The maximum absolute atomic E-state index is 5.85. The third-order valence-corrected chi connectivity index (χ3v) is 4.43. The molecule has 3 rings (SSSR count). The summed E-state index contributed by atoms with van der Waals surface area (Å²) < 4.78 is 4.24. The van der Waals surface area contributed by atoms with Gasteiger partial charge in [0.05, 0.1) is 10.7 Å². The van der Waals surface area contributed by atoms with E-state index in [2.05, 4.69) is 24.1 Å². The van der Waals surface area contributed by atoms with Crippen LogP contribution in [0.3, 0.4) is 0 Å². The maximum Gasteiger partial charge on any atom is 0.205 e. The van der Waals surface area contributed by atoms with E-state index >= 15 is 0 Å². The molecule has 7 heteroatoms. The maximum atomic E-state index is 5.85. The first kappa shape index (κ1) is 13.7. The number of anilines is 1. The van der Waals surface area contributed by atoms with Gasteiger partial charge in [-0.1, -0.05) is 11.6 Å². The molecule has 0 spiro atoms. The van der Waals surface area contributed by atoms with Crippen molar-refractivity contribution in [3.8, 4) is 0 Å². The first-order valence-electron chi connectivity index (χ1n) is 6.59. The molecule has 0 N–H and O–H groups in total. The quantitative estimate of drug-likeness (QED) is 0.870. The lowest BCUT2D eigenvalue weighted by Crippen LogP contribution is -2.46. The molecular formula is C13H16ClN5S. The average molecular weight is 310 g/mol. The van der Waals surface area contributed by atoms with Gasteiger partial charge in [0, 0.05) is 50.5 Å². The van der Waals surface area contributed by atoms with Gasteiger partial charge in [0.2, 0.25) is 5.13 Å². The van der Waals surface area contributed by atoms with E-state index in [-0.39, 0.29) is 0 Å². The Morgan fingerprint density at radius 3 is 2.65 bits per heavy atom. The molecule has 1 saturated heterocycles. The third-order valence-electron chi connectivity index (χ3n) is 3.33. The Labute approximate surface area is 127 Å². The highest BCUT2D eigenvalue weighted by Crippen LogP contribution is 2.19. The average Bonchev–Trinajstić information content (AvgIpc) is 2.89. The molecule has 106 valence electrons. The Balaban J connectivity index is 1.54. The molecule has 0 bridgehead atoms. The van der Waals surface area contributed by atoms with Crippen LogP contribution in [0, 0.1) is 6.92 Å². The lowest BCUT2D eigenvalue weighted by atomic mass is 10.3. The summed E-state index contributed by atoms with van der Waals surface area (Å²) in [5.41, 5.74) is 1.06. The van der Waals surface area contributed by atoms with Crippen LogP contribution >= 0.6 is 23.1 Å². The van der Waals surface area contributed by atoms with E-state index in [4.69, 9.17) is 11.6 Å². The minimum atomic E-state index is 0.685. The van der Waals surface area contributed by atoms with Gasteiger partial charge in [-0.25, -0.2) is 4.98 Å². The van der Waals surface area contributed by atoms with Crippen LogP contribution in [0.5, 0.6) is 0 Å². The molecule has 3 heterocycles. The van der Waals surface area contributed by atoms with Crippen molar-refractivity contribution in [3.63, 3.8) is 0 Å². The van der Waals surface area contributed by atoms with Gasteiger partial charge >= 0.3 is 0 Å². The second-order valence-electron chi connectivity index (χ2n) is 4.86. The van der Waals surface area contributed by atoms with Crippen LogP contribution in [0.2, 0.25) is 5.02 Å². The molecule has 0 atom stereocenters. The number of nitrogens with zero attached hydrogens (tertiary/aromatic N) is 5. The molecule has 0 unspecified atom stereocenters. The van der Waals surface area contributed by atoms with Crippen LogP contribution in [0.15, 0.2) is 18.3 Å². The highest BCUT2D eigenvalue weighted by atomic mass is 35.5. The van der Waals surface area contributed by atoms with Gasteiger partial charge in [-0.3, -0.25) is 9.88 Å². The van der Waals surface area contributed by atoms with Crippen molar-refractivity contribution in [2.45, 2.75) is 13.5 Å². The Morgan fingerprint density at radius 2 is 2.05 bits per heavy atom. The fourth-order valence-electron chi connectivity index (χ4n) is 2.24. The number of pyridine rings is 1. The number of hydrogen-bond acceptors (Lipinski definition) is 6. The minimum absolute atomic E-state index is 0.685. The Hall–Kier alpha value is -1.24. The summed E-state index contributed by atoms with van der Waals surface area (Å²) in [6.45, 7) is 6.82. The van der Waals surface area contributed by atoms with Crippen LogP contribution in [-0.2, 0) is 6.54 Å². The molecular weight excluding hydrogens is 294 g/mol. The van der Waals surface area contributed by atoms with Gasteiger partial charge in [0.1, 0.15) is 5.82 Å². The molecule has 0 radical (unpaired) electrons. The van der Waals surface area contributed by atoms with E-state index in [9.17, 15) is 0 Å². The zero-order chi connectivity index (χ0) is 13.9. The van der Waals surface area contributed by atoms with Gasteiger partial charge < -0.3 is 4.90 Å². The van der Waals surface area contributed by atoms with Crippen molar-refractivity contribution in [1.82, 2.24) is 19.2 Å². The molecule has 5 nitrogen and oxygen atoms in total. The molecule has 2 aromatic rings. The second kappa shape index (κ2) is 6.03. The topological polar surface area (TPSA) is 45.2 Å². The number of rotatable bonds is 3. The predicted octanol–water partition coefficient (Wildman–Crippen LogP) is 2.22. The lowest BCUT2D eigenvalue weighted by molar-refractivity contribution is 0.247. The van der Waals surface area contributed by atoms with Gasteiger partial charge in [0.25, 0.3) is 0 Å². The normalized spacial score (nSPS) is 16.6. The molecule has 2 aromatic heterocycles. The molecule has 0 aliphatic carbocycles. The van der Waals surface area contributed by atoms with Crippen molar-refractivity contribution < 1.29 is 0 Å². The van der Waals surface area contributed by atoms with Crippen LogP contribution < -0.4 is 4.90 Å². The fraction of sp³-hybridized carbons (Fsp3) is 0.462. The lowest BCUT2D eigenvalue weighted by Gasteiger charge is -2.34. The SMILES string of the molecule is Cc1nsc(N2CCN(Cc3ccc(Cl)cn3)CC2)n1. The highest BCUT2D eigenvalue weighted by molar-refractivity contribution is 7.09. The second-order valence-corrected chi connectivity index (χ2v) is 6.02. The smallest absolute Gasteiger partial charge is 0.205 e. The first-order valence-corrected chi connectivity index (χ1v) is 7.74. The zero-order valence-corrected chi connectivity index (χ0v) is 12.9. The van der Waals surface area contributed by atoms with Crippen molar-refractivity contribution in [2.75, 3.05) is 31.1 Å². The Kier molecular flexibility index (Phi) is 4.14. The van der Waals surface area contributed by atoms with Crippen LogP contribution in [0.25, 0.3) is 0 Å². The number of halogens is 1. The standard InChI is InChI=1S/C13H16ClN5S/c1-10-16-13(20-17-10)19-6-4-18(5-7-19)9-12-3-2-11(14)8-15-12/h2-3,8H,4-7,9H2,1H3. The third kappa shape index (κ3) is 3.26. The van der Waals surface area contributed by atoms with Crippen molar-refractivity contribution in [2.24, 2.45) is 0 Å². The van der Waals surface area contributed by atoms with E-state index in [0.717, 1.165) is 49.4 Å². The summed E-state index contributed by atoms with van der Waals surface area (Å²) in [5.74, 6) is 0.859. The van der Waals surface area contributed by atoms with Gasteiger partial charge in [-0.15, -0.1) is 0 Å². The minimum Gasteiger partial charge on any atom is -0.344 e. The number of aromatic nitrogens is 3. The molecule has 20 heavy (non-hydrogen) atoms. The van der Waals surface area contributed by atoms with Crippen LogP contribution in [0.4, 0.5) is 5.13 Å². The summed E-state index contributed by atoms with van der Waals surface area (Å²) >= 11 is 7.33. The summed E-state index contributed by atoms with van der Waals surface area (Å²) in [5, 5.41) is 1.72. The van der Waals surface area contributed by atoms with E-state index in [1.165, 1.54) is 11.5 Å². The monoisotopic (exact) mass is 309 g/mol. The molecule has 1 aliphatic heterocycles. The van der Waals surface area contributed by atoms with E-state index in [0.29, 0.717) is 5.02 Å². The first-order chi connectivity index (χ1) is 9.70. The van der Waals surface area contributed by atoms with Crippen molar-refractivity contribution in [3.05, 3.63) is 34.9 Å². The van der Waals surface area contributed by atoms with Gasteiger partial charge in [0.15, 0.2) is 0 Å². The summed E-state index contributed by atoms with van der Waals surface area (Å²) in [6.07, 6.45) is 1.71. The molecule has 0 saturated carbocycles. The van der Waals surface area contributed by atoms with Crippen LogP contribution in [-0.4, -0.2) is 45.4 Å². The molecule has 1 fully saturated rings. The largest absolute Gasteiger partial charge is 0.344 e. The summed E-state index contributed by atoms with van der Waals surface area (Å²) in [4.78, 5) is 13.5. The fourth-order valence-corrected chi connectivity index (χ4v) is 3.08. The summed E-state index contributed by atoms with van der Waals surface area (Å²) in [6, 6.07) is 3.88.